The van der Waals surface area contributed by atoms with Gasteiger partial charge in [0, 0.05) is 17.8 Å². The first-order chi connectivity index (χ1) is 7.74. The van der Waals surface area contributed by atoms with E-state index in [2.05, 4.69) is 25.9 Å². The predicted molar refractivity (Wildman–Crippen MR) is 68.7 cm³/mol. The molecule has 0 fully saturated rings. The summed E-state index contributed by atoms with van der Waals surface area (Å²) in [6.45, 7) is 2.00. The number of aromatic nitrogens is 3. The van der Waals surface area contributed by atoms with Crippen LogP contribution in [-0.4, -0.2) is 14.4 Å². The monoisotopic (exact) mass is 293 g/mol. The van der Waals surface area contributed by atoms with Crippen LogP contribution >= 0.6 is 27.3 Å². The highest BCUT2D eigenvalue weighted by Crippen LogP contribution is 2.24. The van der Waals surface area contributed by atoms with Gasteiger partial charge in [-0.3, -0.25) is 0 Å². The summed E-state index contributed by atoms with van der Waals surface area (Å²) in [5.74, 6) is 0. The summed E-state index contributed by atoms with van der Waals surface area (Å²) in [6.07, 6.45) is 3.98. The zero-order valence-corrected chi connectivity index (χ0v) is 10.9. The van der Waals surface area contributed by atoms with E-state index in [1.54, 1.807) is 11.3 Å². The molecule has 3 nitrogen and oxygen atoms in total. The maximum atomic E-state index is 4.56. The zero-order chi connectivity index (χ0) is 11.1. The topological polar surface area (TPSA) is 30.2 Å². The summed E-state index contributed by atoms with van der Waals surface area (Å²) < 4.78 is 2.99. The molecule has 3 heterocycles. The van der Waals surface area contributed by atoms with Gasteiger partial charge in [0.05, 0.1) is 9.48 Å². The highest BCUT2D eigenvalue weighted by atomic mass is 79.9. The van der Waals surface area contributed by atoms with Crippen molar-refractivity contribution in [3.63, 3.8) is 0 Å². The maximum absolute atomic E-state index is 4.56. The normalized spacial score (nSPS) is 11.1. The number of hydrogen-bond donors (Lipinski definition) is 0. The highest BCUT2D eigenvalue weighted by molar-refractivity contribution is 9.10. The molecule has 0 aliphatic heterocycles. The van der Waals surface area contributed by atoms with E-state index in [-0.39, 0.29) is 0 Å². The van der Waals surface area contributed by atoms with Crippen LogP contribution in [0, 0.1) is 6.92 Å². The van der Waals surface area contributed by atoms with Gasteiger partial charge in [0.2, 0.25) is 0 Å². The minimum absolute atomic E-state index is 0.913. The number of imidazole rings is 1. The van der Waals surface area contributed by atoms with Crippen molar-refractivity contribution in [1.82, 2.24) is 14.4 Å². The summed E-state index contributed by atoms with van der Waals surface area (Å²) in [5, 5.41) is 3.09. The van der Waals surface area contributed by atoms with Crippen molar-refractivity contribution in [2.75, 3.05) is 0 Å². The first kappa shape index (κ1) is 9.99. The second-order valence-corrected chi connectivity index (χ2v) is 5.38. The van der Waals surface area contributed by atoms with Gasteiger partial charge in [0.25, 0.3) is 0 Å². The fourth-order valence-corrected chi connectivity index (χ4v) is 2.64. The Morgan fingerprint density at radius 2 is 2.19 bits per heavy atom. The predicted octanol–water partition coefficient (Wildman–Crippen LogP) is 3.53. The lowest BCUT2D eigenvalue weighted by atomic mass is 10.4. The number of halogens is 1. The SMILES string of the molecule is Cc1nc(-c2cn3cccc(Br)c3n2)cs1. The van der Waals surface area contributed by atoms with Crippen molar-refractivity contribution in [3.8, 4) is 11.4 Å². The Morgan fingerprint density at radius 3 is 2.88 bits per heavy atom. The van der Waals surface area contributed by atoms with E-state index >= 15 is 0 Å². The molecule has 0 saturated carbocycles. The highest BCUT2D eigenvalue weighted by Gasteiger charge is 2.08. The molecule has 0 saturated heterocycles. The molecule has 0 amide bonds. The molecular formula is C11H8BrN3S. The molecule has 0 atom stereocenters. The lowest BCUT2D eigenvalue weighted by Gasteiger charge is -1.92. The Labute approximate surface area is 105 Å². The second kappa shape index (κ2) is 3.68. The largest absolute Gasteiger partial charge is 0.305 e. The number of rotatable bonds is 1. The molecular weight excluding hydrogens is 286 g/mol. The molecule has 0 aliphatic rings. The Bertz CT molecular complexity index is 656. The lowest BCUT2D eigenvalue weighted by Crippen LogP contribution is -1.80. The summed E-state index contributed by atoms with van der Waals surface area (Å²) in [5.41, 5.74) is 2.78. The minimum Gasteiger partial charge on any atom is -0.305 e. The molecule has 0 spiro atoms. The van der Waals surface area contributed by atoms with Crippen LogP contribution in [0.4, 0.5) is 0 Å². The van der Waals surface area contributed by atoms with Crippen LogP contribution in [-0.2, 0) is 0 Å². The number of aryl methyl sites for hydroxylation is 1. The first-order valence-corrected chi connectivity index (χ1v) is 6.47. The van der Waals surface area contributed by atoms with Gasteiger partial charge in [-0.2, -0.15) is 0 Å². The van der Waals surface area contributed by atoms with Gasteiger partial charge in [-0.05, 0) is 35.0 Å². The second-order valence-electron chi connectivity index (χ2n) is 3.46. The quantitative estimate of drug-likeness (QED) is 0.687. The minimum atomic E-state index is 0.913. The van der Waals surface area contributed by atoms with Crippen molar-refractivity contribution in [1.29, 1.82) is 0 Å². The van der Waals surface area contributed by atoms with Crippen molar-refractivity contribution < 1.29 is 0 Å². The Balaban J connectivity index is 2.22. The molecule has 3 aromatic heterocycles. The third-order valence-corrected chi connectivity index (χ3v) is 3.71. The first-order valence-electron chi connectivity index (χ1n) is 4.80. The van der Waals surface area contributed by atoms with Crippen molar-refractivity contribution in [2.24, 2.45) is 0 Å². The Kier molecular flexibility index (Phi) is 2.29. The van der Waals surface area contributed by atoms with Crippen molar-refractivity contribution >= 4 is 32.9 Å². The number of thiazole rings is 1. The van der Waals surface area contributed by atoms with Crippen LogP contribution in [0.2, 0.25) is 0 Å². The van der Waals surface area contributed by atoms with Gasteiger partial charge >= 0.3 is 0 Å². The van der Waals surface area contributed by atoms with Crippen LogP contribution < -0.4 is 0 Å². The number of pyridine rings is 1. The molecule has 0 aromatic carbocycles. The fourth-order valence-electron chi connectivity index (χ4n) is 1.58. The molecule has 16 heavy (non-hydrogen) atoms. The van der Waals surface area contributed by atoms with Crippen LogP contribution in [0.3, 0.4) is 0 Å². The van der Waals surface area contributed by atoms with Crippen molar-refractivity contribution in [3.05, 3.63) is 39.4 Å². The Hall–Kier alpha value is -1.20. The van der Waals surface area contributed by atoms with Gasteiger partial charge in [0.15, 0.2) is 5.65 Å². The zero-order valence-electron chi connectivity index (χ0n) is 8.51. The number of nitrogens with zero attached hydrogens (tertiary/aromatic N) is 3. The average molecular weight is 294 g/mol. The third-order valence-electron chi connectivity index (χ3n) is 2.32. The number of hydrogen-bond acceptors (Lipinski definition) is 3. The van der Waals surface area contributed by atoms with E-state index in [9.17, 15) is 0 Å². The van der Waals surface area contributed by atoms with Crippen molar-refractivity contribution in [2.45, 2.75) is 6.92 Å². The summed E-state index contributed by atoms with van der Waals surface area (Å²) >= 11 is 5.13. The molecule has 80 valence electrons. The van der Waals surface area contributed by atoms with Gasteiger partial charge < -0.3 is 4.40 Å². The van der Waals surface area contributed by atoms with Crippen LogP contribution in [0.15, 0.2) is 34.4 Å². The fraction of sp³-hybridized carbons (Fsp3) is 0.0909. The van der Waals surface area contributed by atoms with Crippen LogP contribution in [0.25, 0.3) is 17.0 Å². The van der Waals surface area contributed by atoms with E-state index in [1.165, 1.54) is 0 Å². The van der Waals surface area contributed by atoms with Crippen LogP contribution in [0.5, 0.6) is 0 Å². The summed E-state index contributed by atoms with van der Waals surface area (Å²) in [6, 6.07) is 3.97. The molecule has 3 aromatic rings. The molecule has 5 heteroatoms. The lowest BCUT2D eigenvalue weighted by molar-refractivity contribution is 1.18. The molecule has 0 N–H and O–H groups in total. The standard InChI is InChI=1S/C11H8BrN3S/c1-7-13-10(6-16-7)9-5-15-4-2-3-8(12)11(15)14-9/h2-6H,1H3. The van der Waals surface area contributed by atoms with Gasteiger partial charge in [-0.15, -0.1) is 11.3 Å². The van der Waals surface area contributed by atoms with E-state index in [0.717, 1.165) is 26.5 Å². The number of fused-ring (bicyclic) bond motifs is 1. The van der Waals surface area contributed by atoms with E-state index in [1.807, 2.05) is 41.2 Å². The van der Waals surface area contributed by atoms with Gasteiger partial charge in [0.1, 0.15) is 11.4 Å². The van der Waals surface area contributed by atoms with Gasteiger partial charge in [-0.1, -0.05) is 0 Å². The summed E-state index contributed by atoms with van der Waals surface area (Å²) in [4.78, 5) is 8.99. The smallest absolute Gasteiger partial charge is 0.151 e. The molecule has 3 rings (SSSR count). The van der Waals surface area contributed by atoms with E-state index in [4.69, 9.17) is 0 Å². The molecule has 0 bridgehead atoms. The van der Waals surface area contributed by atoms with Gasteiger partial charge in [-0.25, -0.2) is 9.97 Å². The molecule has 0 radical (unpaired) electrons. The summed E-state index contributed by atoms with van der Waals surface area (Å²) in [7, 11) is 0. The molecule has 0 unspecified atom stereocenters. The maximum Gasteiger partial charge on any atom is 0.151 e. The Morgan fingerprint density at radius 1 is 1.31 bits per heavy atom. The third kappa shape index (κ3) is 1.56. The van der Waals surface area contributed by atoms with E-state index < -0.39 is 0 Å². The molecule has 0 aliphatic carbocycles. The van der Waals surface area contributed by atoms with Crippen LogP contribution in [0.1, 0.15) is 5.01 Å². The average Bonchev–Trinajstić information content (AvgIpc) is 2.84. The van der Waals surface area contributed by atoms with E-state index in [0.29, 0.717) is 0 Å².